The van der Waals surface area contributed by atoms with Gasteiger partial charge >= 0.3 is 5.69 Å². The van der Waals surface area contributed by atoms with Gasteiger partial charge in [-0.2, -0.15) is 4.98 Å². The summed E-state index contributed by atoms with van der Waals surface area (Å²) in [5.74, 6) is 0.216. The molecule has 94 valence electrons. The van der Waals surface area contributed by atoms with Crippen LogP contribution in [0, 0.1) is 0 Å². The van der Waals surface area contributed by atoms with E-state index >= 15 is 0 Å². The third kappa shape index (κ3) is 2.73. The molecule has 1 heterocycles. The molecule has 0 bridgehead atoms. The van der Waals surface area contributed by atoms with Gasteiger partial charge in [0.05, 0.1) is 12.3 Å². The summed E-state index contributed by atoms with van der Waals surface area (Å²) < 4.78 is 1.39. The monoisotopic (exact) mass is 247 g/mol. The van der Waals surface area contributed by atoms with E-state index in [1.807, 2.05) is 18.2 Å². The maximum Gasteiger partial charge on any atom is 0.354 e. The van der Waals surface area contributed by atoms with Gasteiger partial charge in [-0.25, -0.2) is 4.79 Å². The molecule has 2 aromatic rings. The molecule has 0 saturated heterocycles. The number of nitrogens with zero attached hydrogens (tertiary/aromatic N) is 2. The van der Waals surface area contributed by atoms with Gasteiger partial charge in [0, 0.05) is 6.20 Å². The van der Waals surface area contributed by atoms with Crippen molar-refractivity contribution in [3.05, 3.63) is 53.1 Å². The first kappa shape index (κ1) is 12.3. The lowest BCUT2D eigenvalue weighted by molar-refractivity contribution is 0.116. The first-order valence-corrected chi connectivity index (χ1v) is 5.41. The maximum absolute atomic E-state index is 11.8. The van der Waals surface area contributed by atoms with E-state index in [9.17, 15) is 9.90 Å². The molecule has 6 nitrogen and oxygen atoms in total. The highest BCUT2D eigenvalue weighted by molar-refractivity contribution is 5.36. The van der Waals surface area contributed by atoms with E-state index in [0.29, 0.717) is 5.69 Å². The molecule has 0 fully saturated rings. The van der Waals surface area contributed by atoms with Crippen molar-refractivity contribution in [3.63, 3.8) is 0 Å². The number of anilines is 1. The van der Waals surface area contributed by atoms with E-state index < -0.39 is 18.5 Å². The quantitative estimate of drug-likeness (QED) is 0.660. The fraction of sp³-hybridized carbons (Fsp3) is 0.167. The molecule has 0 aliphatic heterocycles. The predicted molar refractivity (Wildman–Crippen MR) is 66.5 cm³/mol. The first-order chi connectivity index (χ1) is 8.70. The third-order valence-corrected chi connectivity index (χ3v) is 2.33. The van der Waals surface area contributed by atoms with Crippen LogP contribution >= 0.6 is 0 Å². The minimum atomic E-state index is -1.13. The Hall–Kier alpha value is -2.18. The van der Waals surface area contributed by atoms with E-state index in [1.165, 1.54) is 4.57 Å². The van der Waals surface area contributed by atoms with Crippen molar-refractivity contribution in [1.29, 1.82) is 0 Å². The van der Waals surface area contributed by atoms with Crippen molar-refractivity contribution in [3.8, 4) is 5.69 Å². The van der Waals surface area contributed by atoms with Crippen LogP contribution in [0.25, 0.3) is 5.69 Å². The fourth-order valence-corrected chi connectivity index (χ4v) is 1.48. The molecular weight excluding hydrogens is 234 g/mol. The summed E-state index contributed by atoms with van der Waals surface area (Å²) in [6.45, 7) is -0.455. The van der Waals surface area contributed by atoms with Gasteiger partial charge in [-0.15, -0.1) is 0 Å². The van der Waals surface area contributed by atoms with Gasteiger partial charge in [-0.05, 0) is 18.2 Å². The highest BCUT2D eigenvalue weighted by Crippen LogP contribution is 2.05. The Balaban J connectivity index is 2.29. The molecule has 1 atom stereocenters. The SMILES string of the molecule is O=c1nc(N[C@@H](O)CO)ccn1-c1ccccc1. The average Bonchev–Trinajstić information content (AvgIpc) is 2.40. The summed E-state index contributed by atoms with van der Waals surface area (Å²) >= 11 is 0. The Labute approximate surface area is 103 Å². The topological polar surface area (TPSA) is 87.4 Å². The Bertz CT molecular complexity index is 568. The Morgan fingerprint density at radius 3 is 2.61 bits per heavy atom. The van der Waals surface area contributed by atoms with Gasteiger partial charge in [0.25, 0.3) is 0 Å². The molecule has 0 unspecified atom stereocenters. The highest BCUT2D eigenvalue weighted by Gasteiger charge is 2.05. The minimum Gasteiger partial charge on any atom is -0.392 e. The third-order valence-electron chi connectivity index (χ3n) is 2.33. The average molecular weight is 247 g/mol. The van der Waals surface area contributed by atoms with Gasteiger partial charge in [-0.1, -0.05) is 18.2 Å². The number of para-hydroxylation sites is 1. The second kappa shape index (κ2) is 5.44. The molecule has 0 amide bonds. The van der Waals surface area contributed by atoms with Crippen LogP contribution in [0.2, 0.25) is 0 Å². The number of hydrogen-bond acceptors (Lipinski definition) is 5. The number of hydrogen-bond donors (Lipinski definition) is 3. The summed E-state index contributed by atoms with van der Waals surface area (Å²) in [6, 6.07) is 10.6. The Morgan fingerprint density at radius 2 is 2.00 bits per heavy atom. The van der Waals surface area contributed by atoms with Gasteiger partial charge < -0.3 is 15.5 Å². The number of rotatable bonds is 4. The van der Waals surface area contributed by atoms with Crippen LogP contribution in [0.5, 0.6) is 0 Å². The molecule has 0 aliphatic rings. The fourth-order valence-electron chi connectivity index (χ4n) is 1.48. The zero-order valence-corrected chi connectivity index (χ0v) is 9.52. The molecule has 6 heteroatoms. The summed E-state index contributed by atoms with van der Waals surface area (Å²) in [5.41, 5.74) is 0.251. The van der Waals surface area contributed by atoms with Crippen molar-refractivity contribution >= 4 is 5.82 Å². The molecule has 0 aliphatic carbocycles. The van der Waals surface area contributed by atoms with Crippen LogP contribution in [0.15, 0.2) is 47.4 Å². The molecule has 1 aromatic heterocycles. The van der Waals surface area contributed by atoms with E-state index in [-0.39, 0.29) is 5.82 Å². The van der Waals surface area contributed by atoms with Crippen molar-refractivity contribution in [2.45, 2.75) is 6.23 Å². The Kier molecular flexibility index (Phi) is 3.71. The minimum absolute atomic E-state index is 0.216. The summed E-state index contributed by atoms with van der Waals surface area (Å²) in [4.78, 5) is 15.5. The summed E-state index contributed by atoms with van der Waals surface area (Å²) in [7, 11) is 0. The van der Waals surface area contributed by atoms with Crippen LogP contribution in [-0.4, -0.2) is 32.6 Å². The van der Waals surface area contributed by atoms with Crippen LogP contribution in [0.3, 0.4) is 0 Å². The van der Waals surface area contributed by atoms with E-state index in [2.05, 4.69) is 10.3 Å². The van der Waals surface area contributed by atoms with Crippen molar-refractivity contribution in [1.82, 2.24) is 9.55 Å². The van der Waals surface area contributed by atoms with Crippen LogP contribution in [-0.2, 0) is 0 Å². The predicted octanol–water partition coefficient (Wildman–Crippen LogP) is -0.0449. The van der Waals surface area contributed by atoms with Gasteiger partial charge in [-0.3, -0.25) is 4.57 Å². The molecule has 18 heavy (non-hydrogen) atoms. The molecule has 0 radical (unpaired) electrons. The van der Waals surface area contributed by atoms with E-state index in [4.69, 9.17) is 5.11 Å². The lowest BCUT2D eigenvalue weighted by Crippen LogP contribution is -2.27. The van der Waals surface area contributed by atoms with E-state index in [0.717, 1.165) is 0 Å². The van der Waals surface area contributed by atoms with Crippen molar-refractivity contribution < 1.29 is 10.2 Å². The van der Waals surface area contributed by atoms with Gasteiger partial charge in [0.1, 0.15) is 12.0 Å². The summed E-state index contributed by atoms with van der Waals surface area (Å²) in [5, 5.41) is 20.3. The number of aliphatic hydroxyl groups is 2. The number of aliphatic hydroxyl groups excluding tert-OH is 2. The normalized spacial score (nSPS) is 12.1. The second-order valence-electron chi connectivity index (χ2n) is 3.64. The largest absolute Gasteiger partial charge is 0.392 e. The number of benzene rings is 1. The molecule has 2 rings (SSSR count). The standard InChI is InChI=1S/C12H13N3O3/c16-8-11(17)13-10-6-7-15(12(18)14-10)9-4-2-1-3-5-9/h1-7,11,16-17H,8H2,(H,13,14,18)/t11-/m0/s1. The molecule has 3 N–H and O–H groups in total. The van der Waals surface area contributed by atoms with Crippen molar-refractivity contribution in [2.24, 2.45) is 0 Å². The first-order valence-electron chi connectivity index (χ1n) is 5.41. The second-order valence-corrected chi connectivity index (χ2v) is 3.64. The summed E-state index contributed by atoms with van der Waals surface area (Å²) in [6.07, 6.45) is 0.418. The van der Waals surface area contributed by atoms with Gasteiger partial charge in [0.2, 0.25) is 0 Å². The molecular formula is C12H13N3O3. The van der Waals surface area contributed by atoms with E-state index in [1.54, 1.807) is 24.4 Å². The maximum atomic E-state index is 11.8. The molecule has 0 spiro atoms. The molecule has 1 aromatic carbocycles. The molecule has 0 saturated carbocycles. The smallest absolute Gasteiger partial charge is 0.354 e. The number of aromatic nitrogens is 2. The Morgan fingerprint density at radius 1 is 1.28 bits per heavy atom. The zero-order valence-electron chi connectivity index (χ0n) is 9.52. The number of nitrogens with one attached hydrogen (secondary N) is 1. The lowest BCUT2D eigenvalue weighted by atomic mass is 10.3. The lowest BCUT2D eigenvalue weighted by Gasteiger charge is -2.11. The van der Waals surface area contributed by atoms with Crippen LogP contribution < -0.4 is 11.0 Å². The van der Waals surface area contributed by atoms with Crippen molar-refractivity contribution in [2.75, 3.05) is 11.9 Å². The van der Waals surface area contributed by atoms with Crippen LogP contribution in [0.4, 0.5) is 5.82 Å². The van der Waals surface area contributed by atoms with Crippen LogP contribution in [0.1, 0.15) is 0 Å². The highest BCUT2D eigenvalue weighted by atomic mass is 16.3. The zero-order chi connectivity index (χ0) is 13.0. The van der Waals surface area contributed by atoms with Gasteiger partial charge in [0.15, 0.2) is 0 Å².